The van der Waals surface area contributed by atoms with Gasteiger partial charge in [-0.05, 0) is 96.1 Å². The SMILES string of the molecule is Brc1ccc(-c2c3nc(c(-c4ccc(Br)cc4)c4ccc(cc5nc(cc6ccc2[nH]6)C=C5)[nH]4)C=C3)cc1. The Balaban J connectivity index is 1.62. The third-order valence-corrected chi connectivity index (χ3v) is 7.72. The Morgan fingerprint density at radius 2 is 0.921 bits per heavy atom. The number of halogens is 2. The van der Waals surface area contributed by atoms with Gasteiger partial charge in [0.15, 0.2) is 0 Å². The summed E-state index contributed by atoms with van der Waals surface area (Å²) >= 11 is 7.15. The molecule has 3 aromatic heterocycles. The molecule has 0 atom stereocenters. The van der Waals surface area contributed by atoms with Crippen LogP contribution in [-0.4, -0.2) is 19.9 Å². The highest BCUT2D eigenvalue weighted by Gasteiger charge is 2.15. The van der Waals surface area contributed by atoms with E-state index in [1.54, 1.807) is 0 Å². The van der Waals surface area contributed by atoms with Crippen molar-refractivity contribution >= 4 is 78.2 Å². The van der Waals surface area contributed by atoms with E-state index >= 15 is 0 Å². The lowest BCUT2D eigenvalue weighted by Crippen LogP contribution is -1.88. The van der Waals surface area contributed by atoms with Gasteiger partial charge in [-0.2, -0.15) is 0 Å². The van der Waals surface area contributed by atoms with Gasteiger partial charge in [-0.15, -0.1) is 0 Å². The van der Waals surface area contributed by atoms with Crippen molar-refractivity contribution < 1.29 is 0 Å². The fraction of sp³-hybridized carbons (Fsp3) is 0. The average Bonchev–Trinajstić information content (AvgIpc) is 3.72. The average molecular weight is 620 g/mol. The second-order valence-corrected chi connectivity index (χ2v) is 11.0. The number of rotatable bonds is 2. The van der Waals surface area contributed by atoms with Crippen molar-refractivity contribution in [3.05, 3.63) is 117 Å². The van der Waals surface area contributed by atoms with Crippen LogP contribution in [0.15, 0.2) is 93.9 Å². The number of aromatic nitrogens is 4. The molecule has 0 amide bonds. The molecule has 6 heteroatoms. The highest BCUT2D eigenvalue weighted by atomic mass is 79.9. The summed E-state index contributed by atoms with van der Waals surface area (Å²) in [6.07, 6.45) is 8.29. The minimum absolute atomic E-state index is 0.907. The molecule has 4 nitrogen and oxygen atoms in total. The summed E-state index contributed by atoms with van der Waals surface area (Å²) in [6, 6.07) is 29.3. The molecule has 2 aliphatic rings. The van der Waals surface area contributed by atoms with Crippen LogP contribution in [0.4, 0.5) is 0 Å². The molecule has 0 aliphatic carbocycles. The molecule has 0 saturated heterocycles. The molecule has 5 aromatic rings. The second kappa shape index (κ2) is 9.39. The summed E-state index contributed by atoms with van der Waals surface area (Å²) in [7, 11) is 0. The number of aromatic amines is 2. The summed E-state index contributed by atoms with van der Waals surface area (Å²) in [6.45, 7) is 0. The predicted octanol–water partition coefficient (Wildman–Crippen LogP) is 9.51. The van der Waals surface area contributed by atoms with Crippen LogP contribution >= 0.6 is 31.9 Å². The molecule has 0 fully saturated rings. The first-order valence-electron chi connectivity index (χ1n) is 12.2. The van der Waals surface area contributed by atoms with Crippen molar-refractivity contribution in [3.63, 3.8) is 0 Å². The third-order valence-electron chi connectivity index (χ3n) is 6.66. The second-order valence-electron chi connectivity index (χ2n) is 9.22. The number of fused-ring (bicyclic) bond motifs is 8. The molecule has 0 spiro atoms. The lowest BCUT2D eigenvalue weighted by molar-refractivity contribution is 1.31. The number of hydrogen-bond donors (Lipinski definition) is 2. The van der Waals surface area contributed by atoms with Gasteiger partial charge in [0.05, 0.1) is 22.8 Å². The monoisotopic (exact) mass is 618 g/mol. The number of H-pyrrole nitrogens is 2. The van der Waals surface area contributed by atoms with Crippen molar-refractivity contribution in [2.75, 3.05) is 0 Å². The van der Waals surface area contributed by atoms with Gasteiger partial charge in [0.1, 0.15) is 0 Å². The van der Waals surface area contributed by atoms with Crippen LogP contribution in [0.25, 0.3) is 68.6 Å². The van der Waals surface area contributed by atoms with Crippen molar-refractivity contribution in [1.82, 2.24) is 19.9 Å². The van der Waals surface area contributed by atoms with E-state index in [-0.39, 0.29) is 0 Å². The number of nitrogens with zero attached hydrogens (tertiary/aromatic N) is 2. The normalized spacial score (nSPS) is 12.3. The highest BCUT2D eigenvalue weighted by molar-refractivity contribution is 9.10. The molecule has 8 bridgehead atoms. The maximum absolute atomic E-state index is 5.21. The van der Waals surface area contributed by atoms with Gasteiger partial charge in [-0.25, -0.2) is 9.97 Å². The largest absolute Gasteiger partial charge is 0.355 e. The summed E-state index contributed by atoms with van der Waals surface area (Å²) in [5.74, 6) is 0. The first kappa shape index (κ1) is 23.1. The molecule has 38 heavy (non-hydrogen) atoms. The Morgan fingerprint density at radius 3 is 1.37 bits per heavy atom. The number of hydrogen-bond acceptors (Lipinski definition) is 2. The molecule has 2 aliphatic heterocycles. The fourth-order valence-corrected chi connectivity index (χ4v) is 5.44. The molecule has 7 rings (SSSR count). The Labute approximate surface area is 236 Å². The van der Waals surface area contributed by atoms with Crippen LogP contribution in [0.3, 0.4) is 0 Å². The first-order chi connectivity index (χ1) is 18.6. The minimum atomic E-state index is 0.907. The Kier molecular flexibility index (Phi) is 5.72. The number of nitrogens with one attached hydrogen (secondary N) is 2. The van der Waals surface area contributed by atoms with Crippen LogP contribution < -0.4 is 0 Å². The van der Waals surface area contributed by atoms with E-state index in [0.717, 1.165) is 76.0 Å². The predicted molar refractivity (Wildman–Crippen MR) is 165 cm³/mol. The van der Waals surface area contributed by atoms with E-state index in [1.165, 1.54) is 0 Å². The molecule has 0 unspecified atom stereocenters. The van der Waals surface area contributed by atoms with Crippen LogP contribution in [0, 0.1) is 0 Å². The first-order valence-corrected chi connectivity index (χ1v) is 13.8. The van der Waals surface area contributed by atoms with E-state index in [4.69, 9.17) is 9.97 Å². The molecule has 182 valence electrons. The van der Waals surface area contributed by atoms with Gasteiger partial charge in [0, 0.05) is 42.1 Å². The molecule has 0 saturated carbocycles. The zero-order valence-corrected chi connectivity index (χ0v) is 23.2. The Hall–Kier alpha value is -4.00. The maximum Gasteiger partial charge on any atom is 0.0737 e. The van der Waals surface area contributed by atoms with Crippen LogP contribution in [0.5, 0.6) is 0 Å². The van der Waals surface area contributed by atoms with Crippen molar-refractivity contribution in [2.45, 2.75) is 0 Å². The molecular weight excluding hydrogens is 600 g/mol. The summed E-state index contributed by atoms with van der Waals surface area (Å²) in [4.78, 5) is 17.2. The fourth-order valence-electron chi connectivity index (χ4n) is 4.91. The van der Waals surface area contributed by atoms with Crippen molar-refractivity contribution in [3.8, 4) is 22.3 Å². The van der Waals surface area contributed by atoms with E-state index in [2.05, 4.69) is 139 Å². The minimum Gasteiger partial charge on any atom is -0.355 e. The van der Waals surface area contributed by atoms with Gasteiger partial charge >= 0.3 is 0 Å². The molecule has 5 heterocycles. The standard InChI is InChI=1S/C32H20Br2N4/c33-21-5-1-19(2-6-21)31-27-13-11-25(36-27)17-23-9-10-24(35-23)18-26-12-14-28(37-26)32(30-16-15-29(31)38-30)20-3-7-22(34)8-4-20/h1-18,36-37H. The van der Waals surface area contributed by atoms with Gasteiger partial charge in [0.2, 0.25) is 0 Å². The lowest BCUT2D eigenvalue weighted by atomic mass is 10.0. The highest BCUT2D eigenvalue weighted by Crippen LogP contribution is 2.35. The van der Waals surface area contributed by atoms with E-state index in [1.807, 2.05) is 12.2 Å². The summed E-state index contributed by atoms with van der Waals surface area (Å²) < 4.78 is 2.07. The smallest absolute Gasteiger partial charge is 0.0737 e. The van der Waals surface area contributed by atoms with Crippen LogP contribution in [0.1, 0.15) is 22.8 Å². The van der Waals surface area contributed by atoms with E-state index in [9.17, 15) is 0 Å². The molecule has 2 N–H and O–H groups in total. The van der Waals surface area contributed by atoms with Gasteiger partial charge in [0.25, 0.3) is 0 Å². The van der Waals surface area contributed by atoms with E-state index < -0.39 is 0 Å². The molecular formula is C32H20Br2N4. The molecule has 0 radical (unpaired) electrons. The zero-order chi connectivity index (χ0) is 25.6. The Morgan fingerprint density at radius 1 is 0.474 bits per heavy atom. The molecule has 2 aromatic carbocycles. The van der Waals surface area contributed by atoms with Crippen molar-refractivity contribution in [1.29, 1.82) is 0 Å². The topological polar surface area (TPSA) is 57.4 Å². The Bertz CT molecular complexity index is 1790. The van der Waals surface area contributed by atoms with E-state index in [0.29, 0.717) is 0 Å². The summed E-state index contributed by atoms with van der Waals surface area (Å²) in [5, 5.41) is 0. The quantitative estimate of drug-likeness (QED) is 0.202. The van der Waals surface area contributed by atoms with Gasteiger partial charge < -0.3 is 9.97 Å². The third kappa shape index (κ3) is 4.36. The zero-order valence-electron chi connectivity index (χ0n) is 20.0. The van der Waals surface area contributed by atoms with Crippen molar-refractivity contribution in [2.24, 2.45) is 0 Å². The maximum atomic E-state index is 5.21. The van der Waals surface area contributed by atoms with Gasteiger partial charge in [-0.3, -0.25) is 0 Å². The van der Waals surface area contributed by atoms with Crippen LogP contribution in [-0.2, 0) is 0 Å². The van der Waals surface area contributed by atoms with Crippen LogP contribution in [0.2, 0.25) is 0 Å². The number of benzene rings is 2. The lowest BCUT2D eigenvalue weighted by Gasteiger charge is -2.05. The summed E-state index contributed by atoms with van der Waals surface area (Å²) in [5.41, 5.74) is 11.9. The van der Waals surface area contributed by atoms with Gasteiger partial charge in [-0.1, -0.05) is 56.1 Å².